The molecule has 2 aliphatic rings. The minimum absolute atomic E-state index is 0.0961. The molecule has 46 heavy (non-hydrogen) atoms. The molecule has 1 aromatic heterocycles. The number of carbonyl (C=O) groups is 1. The van der Waals surface area contributed by atoms with Gasteiger partial charge < -0.3 is 15.1 Å². The number of nitrogens with zero attached hydrogens (tertiary/aromatic N) is 5. The summed E-state index contributed by atoms with van der Waals surface area (Å²) >= 11 is 0. The van der Waals surface area contributed by atoms with Gasteiger partial charge in [-0.3, -0.25) is 4.79 Å². The number of piperazine rings is 1. The molecular formula is C32H30F4N6O3S. The fraction of sp³-hybridized carbons (Fsp3) is 0.281. The third-order valence-electron chi connectivity index (χ3n) is 8.11. The van der Waals surface area contributed by atoms with Crippen LogP contribution < -0.4 is 15.1 Å². The van der Waals surface area contributed by atoms with E-state index in [2.05, 4.69) is 15.3 Å². The number of rotatable bonds is 8. The molecule has 0 bridgehead atoms. The molecule has 0 aliphatic carbocycles. The van der Waals surface area contributed by atoms with Crippen molar-refractivity contribution in [2.75, 3.05) is 42.5 Å². The molecule has 0 unspecified atom stereocenters. The Bertz CT molecular complexity index is 1850. The number of para-hydroxylation sites is 1. The van der Waals surface area contributed by atoms with Gasteiger partial charge in [0.05, 0.1) is 28.5 Å². The van der Waals surface area contributed by atoms with Crippen LogP contribution in [0.3, 0.4) is 0 Å². The quantitative estimate of drug-likeness (QED) is 0.280. The first-order chi connectivity index (χ1) is 22.1. The van der Waals surface area contributed by atoms with Gasteiger partial charge in [-0.15, -0.1) is 0 Å². The van der Waals surface area contributed by atoms with E-state index in [4.69, 9.17) is 0 Å². The van der Waals surface area contributed by atoms with Crippen molar-refractivity contribution in [2.24, 2.45) is 0 Å². The Morgan fingerprint density at radius 1 is 0.804 bits per heavy atom. The second-order valence-electron chi connectivity index (χ2n) is 11.0. The zero-order valence-corrected chi connectivity index (χ0v) is 25.4. The summed E-state index contributed by atoms with van der Waals surface area (Å²) < 4.78 is 83.3. The van der Waals surface area contributed by atoms with Gasteiger partial charge in [-0.1, -0.05) is 12.1 Å². The normalized spacial score (nSPS) is 17.3. The average Bonchev–Trinajstić information content (AvgIpc) is 3.57. The van der Waals surface area contributed by atoms with Gasteiger partial charge in [0.15, 0.2) is 11.6 Å². The van der Waals surface area contributed by atoms with Crippen molar-refractivity contribution >= 4 is 27.6 Å². The van der Waals surface area contributed by atoms with Gasteiger partial charge in [0, 0.05) is 38.3 Å². The van der Waals surface area contributed by atoms with E-state index in [-0.39, 0.29) is 23.8 Å². The zero-order valence-electron chi connectivity index (χ0n) is 24.5. The molecule has 1 N–H and O–H groups in total. The molecule has 0 radical (unpaired) electrons. The minimum Gasteiger partial charge on any atom is -0.366 e. The monoisotopic (exact) mass is 654 g/mol. The molecule has 1 atom stereocenters. The number of aromatic nitrogens is 2. The zero-order chi connectivity index (χ0) is 32.4. The van der Waals surface area contributed by atoms with Gasteiger partial charge in [0.25, 0.3) is 0 Å². The Morgan fingerprint density at radius 3 is 2.24 bits per heavy atom. The summed E-state index contributed by atoms with van der Waals surface area (Å²) in [6.07, 6.45) is 0.767. The molecular weight excluding hydrogens is 624 g/mol. The van der Waals surface area contributed by atoms with Crippen LogP contribution in [0.5, 0.6) is 0 Å². The van der Waals surface area contributed by atoms with E-state index >= 15 is 0 Å². The number of hydrogen-bond donors (Lipinski definition) is 1. The Hall–Kier alpha value is -4.56. The van der Waals surface area contributed by atoms with E-state index in [9.17, 15) is 30.8 Å². The number of hydrogen-bond acceptors (Lipinski definition) is 7. The third kappa shape index (κ3) is 6.53. The van der Waals surface area contributed by atoms with Crippen LogP contribution in [0.4, 0.5) is 29.2 Å². The summed E-state index contributed by atoms with van der Waals surface area (Å²) in [5.74, 6) is -3.19. The van der Waals surface area contributed by atoms with Crippen molar-refractivity contribution in [2.45, 2.75) is 30.3 Å². The van der Waals surface area contributed by atoms with Crippen molar-refractivity contribution in [3.63, 3.8) is 0 Å². The van der Waals surface area contributed by atoms with Crippen molar-refractivity contribution in [1.29, 1.82) is 0 Å². The lowest BCUT2D eigenvalue weighted by Crippen LogP contribution is -2.47. The van der Waals surface area contributed by atoms with Crippen LogP contribution in [0.25, 0.3) is 11.3 Å². The molecule has 4 aromatic rings. The van der Waals surface area contributed by atoms with Gasteiger partial charge in [-0.05, 0) is 73.5 Å². The summed E-state index contributed by atoms with van der Waals surface area (Å²) in [6.45, 7) is 1.88. The second kappa shape index (κ2) is 13.0. The van der Waals surface area contributed by atoms with E-state index in [1.54, 1.807) is 24.3 Å². The fourth-order valence-electron chi connectivity index (χ4n) is 5.70. The van der Waals surface area contributed by atoms with Crippen molar-refractivity contribution in [1.82, 2.24) is 19.6 Å². The Kier molecular flexibility index (Phi) is 8.91. The maximum absolute atomic E-state index is 14.4. The number of sulfonamides is 1. The highest BCUT2D eigenvalue weighted by molar-refractivity contribution is 7.89. The highest BCUT2D eigenvalue weighted by Gasteiger charge is 2.39. The predicted molar refractivity (Wildman–Crippen MR) is 163 cm³/mol. The summed E-state index contributed by atoms with van der Waals surface area (Å²) in [5.41, 5.74) is 1.45. The molecule has 3 heterocycles. The van der Waals surface area contributed by atoms with E-state index in [1.807, 2.05) is 9.80 Å². The molecule has 3 aromatic carbocycles. The topological polar surface area (TPSA) is 98.7 Å². The average molecular weight is 655 g/mol. The lowest BCUT2D eigenvalue weighted by atomic mass is 10.1. The third-order valence-corrected chi connectivity index (χ3v) is 10.0. The van der Waals surface area contributed by atoms with E-state index in [0.29, 0.717) is 67.6 Å². The lowest BCUT2D eigenvalue weighted by molar-refractivity contribution is -0.124. The van der Waals surface area contributed by atoms with Crippen LogP contribution in [-0.4, -0.2) is 67.4 Å². The number of amides is 1. The van der Waals surface area contributed by atoms with Crippen LogP contribution in [0.2, 0.25) is 0 Å². The van der Waals surface area contributed by atoms with E-state index < -0.39 is 39.4 Å². The highest BCUT2D eigenvalue weighted by atomic mass is 32.2. The molecule has 2 fully saturated rings. The van der Waals surface area contributed by atoms with Gasteiger partial charge in [0.2, 0.25) is 21.9 Å². The number of anilines is 2. The van der Waals surface area contributed by atoms with Crippen LogP contribution >= 0.6 is 0 Å². The summed E-state index contributed by atoms with van der Waals surface area (Å²) in [5, 5.41) is 2.77. The number of halogens is 4. The molecule has 14 heteroatoms. The Balaban J connectivity index is 1.22. The second-order valence-corrected chi connectivity index (χ2v) is 12.9. The summed E-state index contributed by atoms with van der Waals surface area (Å²) in [7, 11) is -4.05. The maximum atomic E-state index is 14.4. The van der Waals surface area contributed by atoms with E-state index in [0.717, 1.165) is 40.7 Å². The molecule has 6 rings (SSSR count). The van der Waals surface area contributed by atoms with Crippen LogP contribution in [0, 0.1) is 23.3 Å². The Labute approximate surface area is 263 Å². The molecule has 240 valence electrons. The van der Waals surface area contributed by atoms with Crippen LogP contribution in [0.1, 0.15) is 18.5 Å². The number of nitrogens with one attached hydrogen (secondary N) is 1. The molecule has 2 saturated heterocycles. The van der Waals surface area contributed by atoms with Gasteiger partial charge in [0.1, 0.15) is 17.7 Å². The predicted octanol–water partition coefficient (Wildman–Crippen LogP) is 4.50. The van der Waals surface area contributed by atoms with Crippen LogP contribution in [0.15, 0.2) is 77.7 Å². The molecule has 0 spiro atoms. The maximum Gasteiger partial charge on any atom is 0.243 e. The first-order valence-corrected chi connectivity index (χ1v) is 16.2. The summed E-state index contributed by atoms with van der Waals surface area (Å²) in [6, 6.07) is 14.9. The van der Waals surface area contributed by atoms with Gasteiger partial charge in [-0.25, -0.2) is 35.9 Å². The molecule has 9 nitrogen and oxygen atoms in total. The first kappa shape index (κ1) is 31.4. The molecule has 1 amide bonds. The standard InChI is InChI=1S/C32H30F4N6O3S/c33-22-8-10-24(11-9-22)46(44,45)42-13-3-6-30(42)31(43)37-20-23-19-28(21-7-12-25(34)27(36)18-21)39-32(38-23)41-16-14-40(15-17-41)29-5-2-1-4-26(29)35/h1-2,4-5,7-12,18-19,30H,3,6,13-17,20H2,(H,37,43)/t30-/m0/s1. The van der Waals surface area contributed by atoms with Crippen molar-refractivity contribution < 1.29 is 30.8 Å². The van der Waals surface area contributed by atoms with E-state index in [1.165, 1.54) is 12.1 Å². The summed E-state index contributed by atoms with van der Waals surface area (Å²) in [4.78, 5) is 26.3. The number of benzene rings is 3. The minimum atomic E-state index is -4.05. The lowest BCUT2D eigenvalue weighted by Gasteiger charge is -2.36. The van der Waals surface area contributed by atoms with Gasteiger partial charge in [-0.2, -0.15) is 4.31 Å². The molecule has 0 saturated carbocycles. The Morgan fingerprint density at radius 2 is 1.52 bits per heavy atom. The largest absolute Gasteiger partial charge is 0.366 e. The number of carbonyl (C=O) groups excluding carboxylic acids is 1. The smallest absolute Gasteiger partial charge is 0.243 e. The van der Waals surface area contributed by atoms with Crippen molar-refractivity contribution in [3.05, 3.63) is 102 Å². The highest BCUT2D eigenvalue weighted by Crippen LogP contribution is 2.28. The first-order valence-electron chi connectivity index (χ1n) is 14.7. The van der Waals surface area contributed by atoms with Crippen LogP contribution in [-0.2, 0) is 21.4 Å². The SMILES string of the molecule is O=C(NCc1cc(-c2ccc(F)c(F)c2)nc(N2CCN(c3ccccc3F)CC2)n1)[C@@H]1CCCN1S(=O)(=O)c1ccc(F)cc1. The van der Waals surface area contributed by atoms with Gasteiger partial charge >= 0.3 is 0 Å². The van der Waals surface area contributed by atoms with Crippen molar-refractivity contribution in [3.8, 4) is 11.3 Å². The fourth-order valence-corrected chi connectivity index (χ4v) is 7.36. The molecule has 2 aliphatic heterocycles.